The van der Waals surface area contributed by atoms with E-state index < -0.39 is 0 Å². The summed E-state index contributed by atoms with van der Waals surface area (Å²) in [6, 6.07) is 13.1. The zero-order valence-electron chi connectivity index (χ0n) is 10.2. The molecule has 0 fully saturated rings. The summed E-state index contributed by atoms with van der Waals surface area (Å²) >= 11 is 1.47. The molecule has 1 N–H and O–H groups in total. The molecule has 0 saturated carbocycles. The molecule has 3 rings (SSSR count). The summed E-state index contributed by atoms with van der Waals surface area (Å²) in [5.41, 5.74) is 2.39. The SMILES string of the molecule is Cc1ccc(O)c(N=Nc2nc3ccccc3s2)c1. The van der Waals surface area contributed by atoms with Gasteiger partial charge in [0.15, 0.2) is 0 Å². The third-order valence-corrected chi connectivity index (χ3v) is 3.58. The number of thiazole rings is 1. The molecule has 4 nitrogen and oxygen atoms in total. The average molecular weight is 269 g/mol. The minimum atomic E-state index is 0.121. The summed E-state index contributed by atoms with van der Waals surface area (Å²) in [6.07, 6.45) is 0. The molecule has 0 saturated heterocycles. The molecule has 19 heavy (non-hydrogen) atoms. The first kappa shape index (κ1) is 11.8. The van der Waals surface area contributed by atoms with Gasteiger partial charge in [-0.05, 0) is 36.8 Å². The van der Waals surface area contributed by atoms with Gasteiger partial charge in [0.2, 0.25) is 5.13 Å². The Bertz CT molecular complexity index is 731. The molecule has 1 heterocycles. The molecule has 5 heteroatoms. The molecule has 0 atom stereocenters. The van der Waals surface area contributed by atoms with Crippen LogP contribution in [0.2, 0.25) is 0 Å². The average Bonchev–Trinajstić information content (AvgIpc) is 2.82. The number of phenols is 1. The highest BCUT2D eigenvalue weighted by Crippen LogP contribution is 2.32. The molecule has 0 aliphatic heterocycles. The Morgan fingerprint density at radius 2 is 1.95 bits per heavy atom. The number of hydrogen-bond donors (Lipinski definition) is 1. The molecule has 0 unspecified atom stereocenters. The number of hydrogen-bond acceptors (Lipinski definition) is 5. The fraction of sp³-hybridized carbons (Fsp3) is 0.0714. The first-order chi connectivity index (χ1) is 9.22. The first-order valence-corrected chi connectivity index (χ1v) is 6.61. The molecule has 0 radical (unpaired) electrons. The monoisotopic (exact) mass is 269 g/mol. The maximum atomic E-state index is 9.68. The van der Waals surface area contributed by atoms with Crippen LogP contribution in [0, 0.1) is 6.92 Å². The van der Waals surface area contributed by atoms with Crippen molar-refractivity contribution in [2.24, 2.45) is 10.2 Å². The number of aromatic nitrogens is 1. The van der Waals surface area contributed by atoms with Crippen LogP contribution < -0.4 is 0 Å². The molecule has 0 spiro atoms. The van der Waals surface area contributed by atoms with Gasteiger partial charge in [0.25, 0.3) is 0 Å². The lowest BCUT2D eigenvalue weighted by Gasteiger charge is -1.97. The number of benzene rings is 2. The van der Waals surface area contributed by atoms with Crippen LogP contribution in [0.3, 0.4) is 0 Å². The van der Waals surface area contributed by atoms with Crippen LogP contribution in [0.15, 0.2) is 52.7 Å². The summed E-state index contributed by atoms with van der Waals surface area (Å²) < 4.78 is 1.07. The van der Waals surface area contributed by atoms with Crippen LogP contribution in [-0.4, -0.2) is 10.1 Å². The molecule has 0 bridgehead atoms. The van der Waals surface area contributed by atoms with Crippen molar-refractivity contribution in [3.63, 3.8) is 0 Å². The maximum absolute atomic E-state index is 9.68. The minimum Gasteiger partial charge on any atom is -0.506 e. The van der Waals surface area contributed by atoms with Crippen LogP contribution in [0.4, 0.5) is 10.8 Å². The van der Waals surface area contributed by atoms with E-state index in [9.17, 15) is 5.11 Å². The molecular weight excluding hydrogens is 258 g/mol. The first-order valence-electron chi connectivity index (χ1n) is 5.79. The van der Waals surface area contributed by atoms with E-state index in [0.717, 1.165) is 15.8 Å². The lowest BCUT2D eigenvalue weighted by molar-refractivity contribution is 0.476. The van der Waals surface area contributed by atoms with E-state index in [1.54, 1.807) is 12.1 Å². The van der Waals surface area contributed by atoms with Crippen LogP contribution in [0.5, 0.6) is 5.75 Å². The number of para-hydroxylation sites is 1. The van der Waals surface area contributed by atoms with Crippen molar-refractivity contribution in [1.82, 2.24) is 4.98 Å². The zero-order valence-corrected chi connectivity index (χ0v) is 11.1. The highest BCUT2D eigenvalue weighted by Gasteiger charge is 2.03. The standard InChI is InChI=1S/C14H11N3OS/c1-9-6-7-12(18)11(8-9)16-17-14-15-10-4-2-3-5-13(10)19-14/h2-8,18H,1H3. The van der Waals surface area contributed by atoms with Crippen molar-refractivity contribution in [3.05, 3.63) is 48.0 Å². The van der Waals surface area contributed by atoms with E-state index in [-0.39, 0.29) is 5.75 Å². The van der Waals surface area contributed by atoms with E-state index in [1.165, 1.54) is 11.3 Å². The van der Waals surface area contributed by atoms with Gasteiger partial charge >= 0.3 is 0 Å². The van der Waals surface area contributed by atoms with Crippen LogP contribution in [-0.2, 0) is 0 Å². The van der Waals surface area contributed by atoms with Crippen molar-refractivity contribution >= 4 is 32.4 Å². The molecule has 0 amide bonds. The van der Waals surface area contributed by atoms with Crippen molar-refractivity contribution in [2.75, 3.05) is 0 Å². The number of rotatable bonds is 2. The second-order valence-corrected chi connectivity index (χ2v) is 5.17. The van der Waals surface area contributed by atoms with Gasteiger partial charge in [-0.3, -0.25) is 0 Å². The topological polar surface area (TPSA) is 57.8 Å². The summed E-state index contributed by atoms with van der Waals surface area (Å²) in [4.78, 5) is 4.36. The van der Waals surface area contributed by atoms with Gasteiger partial charge in [0.05, 0.1) is 10.2 Å². The molecular formula is C14H11N3OS. The van der Waals surface area contributed by atoms with Gasteiger partial charge in [0.1, 0.15) is 11.4 Å². The third kappa shape index (κ3) is 2.46. The van der Waals surface area contributed by atoms with Crippen molar-refractivity contribution in [1.29, 1.82) is 0 Å². The number of phenolic OH excluding ortho intramolecular Hbond substituents is 1. The van der Waals surface area contributed by atoms with E-state index in [2.05, 4.69) is 15.2 Å². The maximum Gasteiger partial charge on any atom is 0.231 e. The highest BCUT2D eigenvalue weighted by atomic mass is 32.1. The molecule has 1 aromatic heterocycles. The normalized spacial score (nSPS) is 11.4. The molecule has 94 valence electrons. The fourth-order valence-corrected chi connectivity index (χ4v) is 2.50. The highest BCUT2D eigenvalue weighted by molar-refractivity contribution is 7.21. The summed E-state index contributed by atoms with van der Waals surface area (Å²) in [5.74, 6) is 0.121. The predicted molar refractivity (Wildman–Crippen MR) is 76.6 cm³/mol. The summed E-state index contributed by atoms with van der Waals surface area (Å²) in [7, 11) is 0. The Hall–Kier alpha value is -2.27. The number of azo groups is 1. The second-order valence-electron chi connectivity index (χ2n) is 4.16. The minimum absolute atomic E-state index is 0.121. The van der Waals surface area contributed by atoms with Gasteiger partial charge < -0.3 is 5.11 Å². The summed E-state index contributed by atoms with van der Waals surface area (Å²) in [6.45, 7) is 1.94. The Morgan fingerprint density at radius 3 is 2.79 bits per heavy atom. The van der Waals surface area contributed by atoms with E-state index in [1.807, 2.05) is 37.3 Å². The van der Waals surface area contributed by atoms with Gasteiger partial charge in [-0.2, -0.15) is 0 Å². The van der Waals surface area contributed by atoms with Gasteiger partial charge in [0, 0.05) is 0 Å². The Balaban J connectivity index is 1.95. The largest absolute Gasteiger partial charge is 0.506 e. The van der Waals surface area contributed by atoms with Crippen LogP contribution >= 0.6 is 11.3 Å². The lowest BCUT2D eigenvalue weighted by Crippen LogP contribution is -1.71. The Morgan fingerprint density at radius 1 is 1.11 bits per heavy atom. The predicted octanol–water partition coefficient (Wildman–Crippen LogP) is 4.73. The van der Waals surface area contributed by atoms with Gasteiger partial charge in [-0.25, -0.2) is 4.98 Å². The van der Waals surface area contributed by atoms with Crippen LogP contribution in [0.25, 0.3) is 10.2 Å². The Kier molecular flexibility index (Phi) is 2.97. The smallest absolute Gasteiger partial charge is 0.231 e. The second kappa shape index (κ2) is 4.78. The fourth-order valence-electron chi connectivity index (χ4n) is 1.71. The number of nitrogens with zero attached hydrogens (tertiary/aromatic N) is 3. The molecule has 0 aliphatic rings. The van der Waals surface area contributed by atoms with E-state index >= 15 is 0 Å². The van der Waals surface area contributed by atoms with Crippen molar-refractivity contribution in [3.8, 4) is 5.75 Å². The molecule has 0 aliphatic carbocycles. The van der Waals surface area contributed by atoms with Crippen LogP contribution in [0.1, 0.15) is 5.56 Å². The van der Waals surface area contributed by atoms with E-state index in [0.29, 0.717) is 10.8 Å². The van der Waals surface area contributed by atoms with Gasteiger partial charge in [-0.15, -0.1) is 10.2 Å². The van der Waals surface area contributed by atoms with Gasteiger partial charge in [-0.1, -0.05) is 29.5 Å². The Labute approximate surface area is 114 Å². The number of aromatic hydroxyl groups is 1. The number of aryl methyl sites for hydroxylation is 1. The van der Waals surface area contributed by atoms with Crippen molar-refractivity contribution < 1.29 is 5.11 Å². The quantitative estimate of drug-likeness (QED) is 0.684. The number of fused-ring (bicyclic) bond motifs is 1. The van der Waals surface area contributed by atoms with Crippen molar-refractivity contribution in [2.45, 2.75) is 6.92 Å². The zero-order chi connectivity index (χ0) is 13.2. The third-order valence-electron chi connectivity index (χ3n) is 2.66. The molecule has 2 aromatic carbocycles. The molecule has 3 aromatic rings. The lowest BCUT2D eigenvalue weighted by atomic mass is 10.2. The van der Waals surface area contributed by atoms with E-state index in [4.69, 9.17) is 0 Å². The summed E-state index contributed by atoms with van der Waals surface area (Å²) in [5, 5.41) is 18.4.